The standard InChI is InChI=1S/C24H28FN5O2/c1-15-5-8-20(9-6-15)30-18(4)23(27-28-30)24(31)26-12-19-7-10-22(21(25)11-19)29-13-16(2)32-17(3)14-29/h5-11,16-17H,12-14H2,1-4H3,(H,26,31). The van der Waals surface area contributed by atoms with Crippen LogP contribution in [-0.4, -0.2) is 46.2 Å². The Balaban J connectivity index is 1.42. The van der Waals surface area contributed by atoms with Crippen molar-refractivity contribution < 1.29 is 13.9 Å². The quantitative estimate of drug-likeness (QED) is 0.661. The summed E-state index contributed by atoms with van der Waals surface area (Å²) < 4.78 is 22.2. The third-order valence-corrected chi connectivity index (χ3v) is 5.61. The first-order chi connectivity index (χ1) is 15.3. The number of aromatic nitrogens is 3. The highest BCUT2D eigenvalue weighted by atomic mass is 19.1. The molecule has 1 aromatic heterocycles. The number of nitrogens with one attached hydrogen (secondary N) is 1. The van der Waals surface area contributed by atoms with Crippen LogP contribution in [0.5, 0.6) is 0 Å². The Morgan fingerprint density at radius 3 is 2.47 bits per heavy atom. The van der Waals surface area contributed by atoms with Crippen molar-refractivity contribution in [2.45, 2.75) is 46.4 Å². The number of carbonyl (C=O) groups excluding carboxylic acids is 1. The summed E-state index contributed by atoms with van der Waals surface area (Å²) >= 11 is 0. The normalized spacial score (nSPS) is 18.6. The summed E-state index contributed by atoms with van der Waals surface area (Å²) in [5.74, 6) is -0.652. The molecule has 7 nitrogen and oxygen atoms in total. The summed E-state index contributed by atoms with van der Waals surface area (Å²) in [7, 11) is 0. The molecule has 1 N–H and O–H groups in total. The highest BCUT2D eigenvalue weighted by Gasteiger charge is 2.24. The average Bonchev–Trinajstić information content (AvgIpc) is 3.13. The molecule has 0 spiro atoms. The van der Waals surface area contributed by atoms with Gasteiger partial charge in [-0.15, -0.1) is 5.10 Å². The Bertz CT molecular complexity index is 1100. The second kappa shape index (κ2) is 9.08. The van der Waals surface area contributed by atoms with Gasteiger partial charge in [0.05, 0.1) is 29.3 Å². The van der Waals surface area contributed by atoms with Crippen LogP contribution in [0.3, 0.4) is 0 Å². The second-order valence-electron chi connectivity index (χ2n) is 8.40. The first-order valence-electron chi connectivity index (χ1n) is 10.8. The smallest absolute Gasteiger partial charge is 0.274 e. The van der Waals surface area contributed by atoms with Crippen LogP contribution in [0.2, 0.25) is 0 Å². The fraction of sp³-hybridized carbons (Fsp3) is 0.375. The van der Waals surface area contributed by atoms with E-state index in [9.17, 15) is 9.18 Å². The highest BCUT2D eigenvalue weighted by molar-refractivity contribution is 5.93. The number of ether oxygens (including phenoxy) is 1. The molecule has 2 aromatic carbocycles. The molecule has 2 heterocycles. The molecule has 1 saturated heterocycles. The molecule has 3 aromatic rings. The first-order valence-corrected chi connectivity index (χ1v) is 10.8. The van der Waals surface area contributed by atoms with E-state index in [4.69, 9.17) is 4.74 Å². The number of morpholine rings is 1. The van der Waals surface area contributed by atoms with Gasteiger partial charge in [0.1, 0.15) is 5.82 Å². The number of nitrogens with zero attached hydrogens (tertiary/aromatic N) is 4. The number of carbonyl (C=O) groups is 1. The lowest BCUT2D eigenvalue weighted by Gasteiger charge is -2.37. The van der Waals surface area contributed by atoms with E-state index in [1.54, 1.807) is 17.7 Å². The largest absolute Gasteiger partial charge is 0.372 e. The van der Waals surface area contributed by atoms with E-state index in [1.165, 1.54) is 6.07 Å². The molecule has 4 rings (SSSR count). The molecule has 0 aliphatic carbocycles. The highest BCUT2D eigenvalue weighted by Crippen LogP contribution is 2.24. The second-order valence-corrected chi connectivity index (χ2v) is 8.40. The average molecular weight is 438 g/mol. The van der Waals surface area contributed by atoms with Gasteiger partial charge in [0.25, 0.3) is 5.91 Å². The van der Waals surface area contributed by atoms with Crippen molar-refractivity contribution >= 4 is 11.6 Å². The molecule has 2 unspecified atom stereocenters. The Hall–Kier alpha value is -3.26. The molecular formula is C24H28FN5O2. The molecule has 1 amide bonds. The van der Waals surface area contributed by atoms with Crippen LogP contribution in [-0.2, 0) is 11.3 Å². The molecule has 168 valence electrons. The molecule has 0 radical (unpaired) electrons. The zero-order valence-electron chi connectivity index (χ0n) is 18.8. The minimum Gasteiger partial charge on any atom is -0.372 e. The van der Waals surface area contributed by atoms with Crippen molar-refractivity contribution in [2.75, 3.05) is 18.0 Å². The number of hydrogen-bond acceptors (Lipinski definition) is 5. The first kappa shape index (κ1) is 22.0. The fourth-order valence-electron chi connectivity index (χ4n) is 4.03. The van der Waals surface area contributed by atoms with Crippen molar-refractivity contribution in [1.29, 1.82) is 0 Å². The van der Waals surface area contributed by atoms with Crippen LogP contribution in [0.15, 0.2) is 42.5 Å². The molecular weight excluding hydrogens is 409 g/mol. The van der Waals surface area contributed by atoms with Gasteiger partial charge in [0.15, 0.2) is 5.69 Å². The summed E-state index contributed by atoms with van der Waals surface area (Å²) in [6.07, 6.45) is 0.0994. The minimum absolute atomic E-state index is 0.0497. The number of amides is 1. The fourth-order valence-corrected chi connectivity index (χ4v) is 4.03. The molecule has 1 aliphatic rings. The van der Waals surface area contributed by atoms with Crippen LogP contribution in [0.25, 0.3) is 5.69 Å². The SMILES string of the molecule is Cc1ccc(-n2nnc(C(=O)NCc3ccc(N4CC(C)OC(C)C4)c(F)c3)c2C)cc1. The van der Waals surface area contributed by atoms with Gasteiger partial charge >= 0.3 is 0 Å². The molecule has 32 heavy (non-hydrogen) atoms. The Kier molecular flexibility index (Phi) is 6.23. The summed E-state index contributed by atoms with van der Waals surface area (Å²) in [6, 6.07) is 12.9. The van der Waals surface area contributed by atoms with Gasteiger partial charge < -0.3 is 15.0 Å². The van der Waals surface area contributed by atoms with E-state index in [1.807, 2.05) is 56.0 Å². The van der Waals surface area contributed by atoms with E-state index in [2.05, 4.69) is 15.6 Å². The topological polar surface area (TPSA) is 72.3 Å². The number of rotatable bonds is 5. The van der Waals surface area contributed by atoms with Crippen LogP contribution in [0, 0.1) is 19.7 Å². The predicted octanol–water partition coefficient (Wildman–Crippen LogP) is 3.57. The van der Waals surface area contributed by atoms with E-state index < -0.39 is 0 Å². The van der Waals surface area contributed by atoms with Gasteiger partial charge in [-0.2, -0.15) is 0 Å². The Labute approximate surface area is 187 Å². The number of hydrogen-bond donors (Lipinski definition) is 1. The van der Waals surface area contributed by atoms with Crippen LogP contribution >= 0.6 is 0 Å². The molecule has 1 aliphatic heterocycles. The van der Waals surface area contributed by atoms with E-state index >= 15 is 0 Å². The van der Waals surface area contributed by atoms with Crippen LogP contribution in [0.1, 0.15) is 41.2 Å². The molecule has 0 bridgehead atoms. The summed E-state index contributed by atoms with van der Waals surface area (Å²) in [5, 5.41) is 11.0. The lowest BCUT2D eigenvalue weighted by molar-refractivity contribution is -0.00539. The predicted molar refractivity (Wildman–Crippen MR) is 121 cm³/mol. The van der Waals surface area contributed by atoms with Crippen LogP contribution < -0.4 is 10.2 Å². The molecule has 1 fully saturated rings. The van der Waals surface area contributed by atoms with Gasteiger partial charge in [-0.3, -0.25) is 4.79 Å². The lowest BCUT2D eigenvalue weighted by Crippen LogP contribution is -2.45. The maximum absolute atomic E-state index is 14.8. The van der Waals surface area contributed by atoms with Crippen molar-refractivity contribution in [1.82, 2.24) is 20.3 Å². The number of halogens is 1. The number of aryl methyl sites for hydroxylation is 1. The summed E-state index contributed by atoms with van der Waals surface area (Å²) in [5.41, 5.74) is 4.10. The Morgan fingerprint density at radius 1 is 1.12 bits per heavy atom. The van der Waals surface area contributed by atoms with Crippen molar-refractivity contribution in [3.63, 3.8) is 0 Å². The van der Waals surface area contributed by atoms with Crippen molar-refractivity contribution in [3.05, 3.63) is 70.8 Å². The zero-order valence-corrected chi connectivity index (χ0v) is 18.8. The van der Waals surface area contributed by atoms with Gasteiger partial charge in [-0.1, -0.05) is 29.0 Å². The third kappa shape index (κ3) is 4.65. The third-order valence-electron chi connectivity index (χ3n) is 5.61. The van der Waals surface area contributed by atoms with Crippen molar-refractivity contribution in [3.8, 4) is 5.69 Å². The number of anilines is 1. The Morgan fingerprint density at radius 2 is 1.81 bits per heavy atom. The lowest BCUT2D eigenvalue weighted by atomic mass is 10.1. The van der Waals surface area contributed by atoms with Gasteiger partial charge in [-0.05, 0) is 57.5 Å². The van der Waals surface area contributed by atoms with E-state index in [0.29, 0.717) is 30.0 Å². The summed E-state index contributed by atoms with van der Waals surface area (Å²) in [6.45, 7) is 9.27. The maximum Gasteiger partial charge on any atom is 0.274 e. The monoisotopic (exact) mass is 437 g/mol. The molecule has 8 heteroatoms. The molecule has 0 saturated carbocycles. The molecule has 2 atom stereocenters. The maximum atomic E-state index is 14.8. The van der Waals surface area contributed by atoms with Crippen molar-refractivity contribution in [2.24, 2.45) is 0 Å². The number of benzene rings is 2. The minimum atomic E-state index is -0.346. The van der Waals surface area contributed by atoms with E-state index in [0.717, 1.165) is 11.3 Å². The van der Waals surface area contributed by atoms with E-state index in [-0.39, 0.29) is 36.2 Å². The summed E-state index contributed by atoms with van der Waals surface area (Å²) in [4.78, 5) is 14.7. The van der Waals surface area contributed by atoms with Gasteiger partial charge in [-0.25, -0.2) is 9.07 Å². The van der Waals surface area contributed by atoms with Crippen LogP contribution in [0.4, 0.5) is 10.1 Å². The van der Waals surface area contributed by atoms with Gasteiger partial charge in [0.2, 0.25) is 0 Å². The van der Waals surface area contributed by atoms with Gasteiger partial charge in [0, 0.05) is 19.6 Å². The zero-order chi connectivity index (χ0) is 22.8.